The molecule has 2 aromatic carbocycles. The second-order valence-electron chi connectivity index (χ2n) is 5.91. The Morgan fingerprint density at radius 3 is 2.78 bits per heavy atom. The van der Waals surface area contributed by atoms with Crippen molar-refractivity contribution in [3.05, 3.63) is 77.5 Å². The summed E-state index contributed by atoms with van der Waals surface area (Å²) >= 11 is 0. The van der Waals surface area contributed by atoms with Gasteiger partial charge in [-0.2, -0.15) is 5.26 Å². The molecular weight excluding hydrogens is 340 g/mol. The van der Waals surface area contributed by atoms with E-state index in [-0.39, 0.29) is 5.91 Å². The molecule has 0 aliphatic rings. The largest absolute Gasteiger partial charge is 0.495 e. The average molecular weight is 358 g/mol. The lowest BCUT2D eigenvalue weighted by Gasteiger charge is -2.12. The maximum atomic E-state index is 12.5. The highest BCUT2D eigenvalue weighted by Crippen LogP contribution is 2.28. The van der Waals surface area contributed by atoms with Crippen molar-refractivity contribution in [3.63, 3.8) is 0 Å². The average Bonchev–Trinajstić information content (AvgIpc) is 2.68. The van der Waals surface area contributed by atoms with Gasteiger partial charge < -0.3 is 15.4 Å². The fourth-order valence-electron chi connectivity index (χ4n) is 2.57. The lowest BCUT2D eigenvalue weighted by atomic mass is 10.2. The van der Waals surface area contributed by atoms with Crippen molar-refractivity contribution in [1.82, 2.24) is 4.98 Å². The van der Waals surface area contributed by atoms with E-state index in [0.717, 1.165) is 11.3 Å². The molecule has 0 radical (unpaired) electrons. The van der Waals surface area contributed by atoms with Gasteiger partial charge in [-0.1, -0.05) is 12.1 Å². The van der Waals surface area contributed by atoms with Gasteiger partial charge in [0.25, 0.3) is 5.91 Å². The zero-order valence-electron chi connectivity index (χ0n) is 15.0. The molecule has 0 spiro atoms. The van der Waals surface area contributed by atoms with Gasteiger partial charge in [-0.3, -0.25) is 4.79 Å². The van der Waals surface area contributed by atoms with Crippen LogP contribution in [0.2, 0.25) is 0 Å². The van der Waals surface area contributed by atoms with Gasteiger partial charge in [-0.25, -0.2) is 4.98 Å². The van der Waals surface area contributed by atoms with Crippen molar-refractivity contribution in [2.45, 2.75) is 6.92 Å². The number of hydrogen-bond acceptors (Lipinski definition) is 5. The first kappa shape index (κ1) is 18.0. The molecule has 6 heteroatoms. The molecule has 0 atom stereocenters. The smallest absolute Gasteiger partial charge is 0.255 e. The second kappa shape index (κ2) is 8.02. The highest BCUT2D eigenvalue weighted by Gasteiger charge is 2.10. The van der Waals surface area contributed by atoms with Gasteiger partial charge in [-0.15, -0.1) is 0 Å². The lowest BCUT2D eigenvalue weighted by molar-refractivity contribution is 0.102. The number of benzene rings is 2. The number of carbonyl (C=O) groups is 1. The fraction of sp³-hybridized carbons (Fsp3) is 0.0952. The molecule has 0 aliphatic heterocycles. The van der Waals surface area contributed by atoms with E-state index in [1.54, 1.807) is 49.7 Å². The van der Waals surface area contributed by atoms with E-state index in [9.17, 15) is 4.79 Å². The van der Waals surface area contributed by atoms with Gasteiger partial charge in [0.2, 0.25) is 0 Å². The number of ether oxygens (including phenoxy) is 1. The Bertz CT molecular complexity index is 1020. The number of aryl methyl sites for hydroxylation is 1. The molecule has 3 aromatic rings. The summed E-state index contributed by atoms with van der Waals surface area (Å²) in [6, 6.07) is 17.9. The van der Waals surface area contributed by atoms with Crippen molar-refractivity contribution >= 4 is 23.1 Å². The first-order valence-corrected chi connectivity index (χ1v) is 8.28. The molecule has 1 aromatic heterocycles. The molecule has 1 heterocycles. The van der Waals surface area contributed by atoms with E-state index in [1.807, 2.05) is 31.2 Å². The van der Waals surface area contributed by atoms with Gasteiger partial charge in [0.1, 0.15) is 11.6 Å². The number of anilines is 3. The first-order valence-electron chi connectivity index (χ1n) is 8.28. The van der Waals surface area contributed by atoms with E-state index < -0.39 is 0 Å². The molecule has 0 aliphatic carbocycles. The van der Waals surface area contributed by atoms with Crippen molar-refractivity contribution in [2.75, 3.05) is 17.7 Å². The van der Waals surface area contributed by atoms with Crippen LogP contribution >= 0.6 is 0 Å². The van der Waals surface area contributed by atoms with Crippen LogP contribution in [0.3, 0.4) is 0 Å². The van der Waals surface area contributed by atoms with E-state index >= 15 is 0 Å². The van der Waals surface area contributed by atoms with Crippen LogP contribution < -0.4 is 15.4 Å². The van der Waals surface area contributed by atoms with Crippen LogP contribution in [-0.4, -0.2) is 18.0 Å². The van der Waals surface area contributed by atoms with Crippen molar-refractivity contribution in [1.29, 1.82) is 5.26 Å². The molecule has 1 amide bonds. The van der Waals surface area contributed by atoms with Crippen LogP contribution in [-0.2, 0) is 0 Å². The van der Waals surface area contributed by atoms with Gasteiger partial charge in [0.15, 0.2) is 0 Å². The molecular formula is C21H18N4O2. The van der Waals surface area contributed by atoms with Gasteiger partial charge >= 0.3 is 0 Å². The minimum Gasteiger partial charge on any atom is -0.495 e. The molecule has 0 bridgehead atoms. The van der Waals surface area contributed by atoms with Crippen molar-refractivity contribution in [2.24, 2.45) is 0 Å². The predicted molar refractivity (Wildman–Crippen MR) is 104 cm³/mol. The SMILES string of the molecule is COc1ccc(C)cc1Nc1cc(C(=O)Nc2cccc(C#N)c2)ccn1. The monoisotopic (exact) mass is 358 g/mol. The number of hydrogen-bond donors (Lipinski definition) is 2. The molecule has 0 saturated carbocycles. The van der Waals surface area contributed by atoms with Gasteiger partial charge in [0.05, 0.1) is 24.4 Å². The van der Waals surface area contributed by atoms with Crippen LogP contribution in [0.5, 0.6) is 5.75 Å². The third-order valence-corrected chi connectivity index (χ3v) is 3.89. The molecule has 3 rings (SSSR count). The lowest BCUT2D eigenvalue weighted by Crippen LogP contribution is -2.12. The molecule has 6 nitrogen and oxygen atoms in total. The van der Waals surface area contributed by atoms with Crippen LogP contribution in [0, 0.1) is 18.3 Å². The van der Waals surface area contributed by atoms with E-state index in [2.05, 4.69) is 15.6 Å². The van der Waals surface area contributed by atoms with Crippen LogP contribution in [0.15, 0.2) is 60.8 Å². The molecule has 134 valence electrons. The van der Waals surface area contributed by atoms with Crippen molar-refractivity contribution in [3.8, 4) is 11.8 Å². The number of amides is 1. The number of carbonyl (C=O) groups excluding carboxylic acids is 1. The molecule has 0 fully saturated rings. The Hall–Kier alpha value is -3.85. The standard InChI is InChI=1S/C21H18N4O2/c1-14-6-7-19(27-2)18(10-14)25-20-12-16(8-9-23-20)21(26)24-17-5-3-4-15(11-17)13-22/h3-12H,1-2H3,(H,23,25)(H,24,26). The Balaban J connectivity index is 1.80. The number of nitrogens with one attached hydrogen (secondary N) is 2. The zero-order valence-corrected chi connectivity index (χ0v) is 15.0. The Morgan fingerprint density at radius 2 is 2.00 bits per heavy atom. The number of nitriles is 1. The number of nitrogens with zero attached hydrogens (tertiary/aromatic N) is 2. The van der Waals surface area contributed by atoms with Crippen LogP contribution in [0.4, 0.5) is 17.2 Å². The van der Waals surface area contributed by atoms with E-state index in [4.69, 9.17) is 10.00 Å². The van der Waals surface area contributed by atoms with E-state index in [0.29, 0.717) is 28.4 Å². The summed E-state index contributed by atoms with van der Waals surface area (Å²) in [6.45, 7) is 1.98. The number of rotatable bonds is 5. The fourth-order valence-corrected chi connectivity index (χ4v) is 2.57. The topological polar surface area (TPSA) is 87.0 Å². The molecule has 27 heavy (non-hydrogen) atoms. The summed E-state index contributed by atoms with van der Waals surface area (Å²) in [4.78, 5) is 16.8. The van der Waals surface area contributed by atoms with Crippen LogP contribution in [0.1, 0.15) is 21.5 Å². The maximum absolute atomic E-state index is 12.5. The Kier molecular flexibility index (Phi) is 5.33. The molecule has 0 unspecified atom stereocenters. The molecule has 0 saturated heterocycles. The predicted octanol–water partition coefficient (Wildman–Crippen LogP) is 4.27. The highest BCUT2D eigenvalue weighted by molar-refractivity contribution is 6.04. The summed E-state index contributed by atoms with van der Waals surface area (Å²) in [5.74, 6) is 0.926. The normalized spacial score (nSPS) is 9.96. The van der Waals surface area contributed by atoms with Gasteiger partial charge in [-0.05, 0) is 55.0 Å². The third kappa shape index (κ3) is 4.41. The first-order chi connectivity index (χ1) is 13.1. The Morgan fingerprint density at radius 1 is 1.15 bits per heavy atom. The third-order valence-electron chi connectivity index (χ3n) is 3.89. The minimum atomic E-state index is -0.285. The zero-order chi connectivity index (χ0) is 19.2. The highest BCUT2D eigenvalue weighted by atomic mass is 16.5. The molecule has 2 N–H and O–H groups in total. The summed E-state index contributed by atoms with van der Waals surface area (Å²) < 4.78 is 5.36. The summed E-state index contributed by atoms with van der Waals surface area (Å²) in [6.07, 6.45) is 1.56. The summed E-state index contributed by atoms with van der Waals surface area (Å²) in [5.41, 5.74) is 3.33. The number of aromatic nitrogens is 1. The van der Waals surface area contributed by atoms with Gasteiger partial charge in [0, 0.05) is 17.4 Å². The summed E-state index contributed by atoms with van der Waals surface area (Å²) in [5, 5.41) is 14.9. The second-order valence-corrected chi connectivity index (χ2v) is 5.91. The summed E-state index contributed by atoms with van der Waals surface area (Å²) in [7, 11) is 1.60. The van der Waals surface area contributed by atoms with E-state index in [1.165, 1.54) is 0 Å². The minimum absolute atomic E-state index is 0.285. The van der Waals surface area contributed by atoms with Crippen molar-refractivity contribution < 1.29 is 9.53 Å². The quantitative estimate of drug-likeness (QED) is 0.711. The number of pyridine rings is 1. The maximum Gasteiger partial charge on any atom is 0.255 e. The number of methoxy groups -OCH3 is 1. The Labute approximate surface area is 157 Å². The van der Waals surface area contributed by atoms with Crippen LogP contribution in [0.25, 0.3) is 0 Å².